The molecule has 4 rings (SSSR count). The highest BCUT2D eigenvalue weighted by Crippen LogP contribution is 2.32. The van der Waals surface area contributed by atoms with Gasteiger partial charge in [0.2, 0.25) is 0 Å². The van der Waals surface area contributed by atoms with Crippen molar-refractivity contribution in [3.05, 3.63) is 69.9 Å². The van der Waals surface area contributed by atoms with Crippen LogP contribution in [0.2, 0.25) is 0 Å². The van der Waals surface area contributed by atoms with Crippen molar-refractivity contribution in [2.75, 3.05) is 13.7 Å². The molecule has 0 aliphatic rings. The summed E-state index contributed by atoms with van der Waals surface area (Å²) in [6.07, 6.45) is 0. The standard InChI is InChI=1S/C23H19N3O3S/c1-3-29-23-25-19-14-30-21(22(27)28-2)20(19)26(23)13-15-8-10-16(11-9-15)18-7-5-4-6-17(18)12-24/h4-11,14H,3,13H2,1-2H3. The highest BCUT2D eigenvalue weighted by Gasteiger charge is 2.22. The van der Waals surface area contributed by atoms with E-state index in [-0.39, 0.29) is 5.97 Å². The third-order valence-electron chi connectivity index (χ3n) is 4.76. The molecule has 0 unspecified atom stereocenters. The Kier molecular flexibility index (Phi) is 5.50. The van der Waals surface area contributed by atoms with Crippen LogP contribution < -0.4 is 4.74 Å². The summed E-state index contributed by atoms with van der Waals surface area (Å²) in [5.41, 5.74) is 4.97. The second-order valence-corrected chi connectivity index (χ2v) is 7.44. The molecule has 0 aliphatic carbocycles. The van der Waals surface area contributed by atoms with Crippen LogP contribution in [0.5, 0.6) is 6.01 Å². The summed E-state index contributed by atoms with van der Waals surface area (Å²) in [6.45, 7) is 2.86. The lowest BCUT2D eigenvalue weighted by molar-refractivity contribution is 0.0608. The van der Waals surface area contributed by atoms with Crippen LogP contribution in [0.1, 0.15) is 27.7 Å². The number of thiophene rings is 1. The molecule has 2 aromatic heterocycles. The van der Waals surface area contributed by atoms with Crippen LogP contribution in [0.3, 0.4) is 0 Å². The summed E-state index contributed by atoms with van der Waals surface area (Å²) in [5, 5.41) is 11.2. The largest absolute Gasteiger partial charge is 0.465 e. The first-order chi connectivity index (χ1) is 14.7. The number of nitrogens with zero attached hydrogens (tertiary/aromatic N) is 3. The molecule has 4 aromatic rings. The molecule has 0 spiro atoms. The first-order valence-electron chi connectivity index (χ1n) is 9.43. The van der Waals surface area contributed by atoms with E-state index >= 15 is 0 Å². The molecule has 6 nitrogen and oxygen atoms in total. The number of nitriles is 1. The van der Waals surface area contributed by atoms with Gasteiger partial charge in [-0.1, -0.05) is 42.5 Å². The number of benzene rings is 2. The van der Waals surface area contributed by atoms with Crippen LogP contribution in [0.15, 0.2) is 53.9 Å². The molecule has 2 heterocycles. The van der Waals surface area contributed by atoms with Gasteiger partial charge in [0.1, 0.15) is 10.4 Å². The Hall–Kier alpha value is -3.63. The van der Waals surface area contributed by atoms with Gasteiger partial charge in [0.05, 0.1) is 37.4 Å². The minimum absolute atomic E-state index is 0.386. The zero-order valence-electron chi connectivity index (χ0n) is 16.6. The molecular formula is C23H19N3O3S. The topological polar surface area (TPSA) is 77.1 Å². The first kappa shape index (κ1) is 19.7. The second-order valence-electron chi connectivity index (χ2n) is 6.56. The quantitative estimate of drug-likeness (QED) is 0.418. The minimum atomic E-state index is -0.386. The average molecular weight is 417 g/mol. The number of hydrogen-bond acceptors (Lipinski definition) is 6. The van der Waals surface area contributed by atoms with Crippen LogP contribution in [0, 0.1) is 11.3 Å². The highest BCUT2D eigenvalue weighted by molar-refractivity contribution is 7.13. The van der Waals surface area contributed by atoms with Gasteiger partial charge >= 0.3 is 5.97 Å². The second kappa shape index (κ2) is 8.39. The Bertz CT molecular complexity index is 1250. The Balaban J connectivity index is 1.72. The van der Waals surface area contributed by atoms with Crippen molar-refractivity contribution >= 4 is 28.3 Å². The van der Waals surface area contributed by atoms with Crippen molar-refractivity contribution in [3.8, 4) is 23.2 Å². The number of esters is 1. The van der Waals surface area contributed by atoms with Crippen molar-refractivity contribution in [2.24, 2.45) is 0 Å². The third kappa shape index (κ3) is 3.53. The van der Waals surface area contributed by atoms with E-state index in [9.17, 15) is 10.1 Å². The lowest BCUT2D eigenvalue weighted by Gasteiger charge is -2.11. The molecule has 0 radical (unpaired) electrons. The van der Waals surface area contributed by atoms with Gasteiger partial charge in [-0.3, -0.25) is 4.57 Å². The number of ether oxygens (including phenoxy) is 2. The fraction of sp³-hybridized carbons (Fsp3) is 0.174. The fourth-order valence-corrected chi connectivity index (χ4v) is 4.27. The summed E-state index contributed by atoms with van der Waals surface area (Å²) in [7, 11) is 1.37. The van der Waals surface area contributed by atoms with E-state index in [4.69, 9.17) is 9.47 Å². The Morgan fingerprint density at radius 3 is 2.67 bits per heavy atom. The maximum atomic E-state index is 12.2. The van der Waals surface area contributed by atoms with E-state index in [1.807, 2.05) is 65.4 Å². The van der Waals surface area contributed by atoms with E-state index in [0.717, 1.165) is 16.7 Å². The van der Waals surface area contributed by atoms with Crippen molar-refractivity contribution in [2.45, 2.75) is 13.5 Å². The summed E-state index contributed by atoms with van der Waals surface area (Å²) in [4.78, 5) is 17.2. The summed E-state index contributed by atoms with van der Waals surface area (Å²) in [6, 6.07) is 18.2. The number of methoxy groups -OCH3 is 1. The molecular weight excluding hydrogens is 398 g/mol. The van der Waals surface area contributed by atoms with E-state index in [0.29, 0.717) is 40.6 Å². The number of carbonyl (C=O) groups is 1. The molecule has 2 aromatic carbocycles. The molecule has 0 bridgehead atoms. The monoisotopic (exact) mass is 417 g/mol. The number of hydrogen-bond donors (Lipinski definition) is 0. The van der Waals surface area contributed by atoms with E-state index < -0.39 is 0 Å². The van der Waals surface area contributed by atoms with Gasteiger partial charge in [0, 0.05) is 5.38 Å². The van der Waals surface area contributed by atoms with Gasteiger partial charge < -0.3 is 9.47 Å². The number of aromatic nitrogens is 2. The Labute approximate surface area is 177 Å². The lowest BCUT2D eigenvalue weighted by Crippen LogP contribution is -2.07. The van der Waals surface area contributed by atoms with Crippen molar-refractivity contribution < 1.29 is 14.3 Å². The van der Waals surface area contributed by atoms with Crippen LogP contribution in [0.4, 0.5) is 0 Å². The molecule has 150 valence electrons. The van der Waals surface area contributed by atoms with Gasteiger partial charge in [0.15, 0.2) is 0 Å². The zero-order valence-corrected chi connectivity index (χ0v) is 17.4. The molecule has 0 aliphatic heterocycles. The summed E-state index contributed by atoms with van der Waals surface area (Å²) < 4.78 is 12.5. The van der Waals surface area contributed by atoms with E-state index in [1.54, 1.807) is 0 Å². The maximum absolute atomic E-state index is 12.2. The maximum Gasteiger partial charge on any atom is 0.350 e. The van der Waals surface area contributed by atoms with Crippen LogP contribution >= 0.6 is 11.3 Å². The lowest BCUT2D eigenvalue weighted by atomic mass is 9.99. The predicted octanol–water partition coefficient (Wildman–Crippen LogP) is 4.87. The molecule has 0 amide bonds. The number of fused-ring (bicyclic) bond motifs is 1. The summed E-state index contributed by atoms with van der Waals surface area (Å²) in [5.74, 6) is -0.386. The van der Waals surface area contributed by atoms with E-state index in [1.165, 1.54) is 18.4 Å². The first-order valence-corrected chi connectivity index (χ1v) is 10.3. The molecule has 30 heavy (non-hydrogen) atoms. The van der Waals surface area contributed by atoms with Crippen LogP contribution in [0.25, 0.3) is 22.2 Å². The van der Waals surface area contributed by atoms with Crippen molar-refractivity contribution in [1.82, 2.24) is 9.55 Å². The number of imidazole rings is 1. The van der Waals surface area contributed by atoms with E-state index in [2.05, 4.69) is 11.1 Å². The minimum Gasteiger partial charge on any atom is -0.465 e. The molecule has 0 saturated carbocycles. The Morgan fingerprint density at radius 1 is 1.20 bits per heavy atom. The molecule has 0 atom stereocenters. The SMILES string of the molecule is CCOc1nc2csc(C(=O)OC)c2n1Cc1ccc(-c2ccccc2C#N)cc1. The fourth-order valence-electron chi connectivity index (χ4n) is 3.37. The Morgan fingerprint density at radius 2 is 1.97 bits per heavy atom. The van der Waals surface area contributed by atoms with Gasteiger partial charge in [0.25, 0.3) is 6.01 Å². The third-order valence-corrected chi connectivity index (χ3v) is 5.70. The molecule has 0 fully saturated rings. The molecule has 0 N–H and O–H groups in total. The summed E-state index contributed by atoms with van der Waals surface area (Å²) >= 11 is 1.31. The predicted molar refractivity (Wildman–Crippen MR) is 116 cm³/mol. The molecule has 7 heteroatoms. The number of rotatable bonds is 6. The zero-order chi connectivity index (χ0) is 21.1. The van der Waals surface area contributed by atoms with Gasteiger partial charge in [-0.15, -0.1) is 11.3 Å². The van der Waals surface area contributed by atoms with Gasteiger partial charge in [-0.2, -0.15) is 10.2 Å². The highest BCUT2D eigenvalue weighted by atomic mass is 32.1. The van der Waals surface area contributed by atoms with Crippen LogP contribution in [-0.4, -0.2) is 29.2 Å². The number of carbonyl (C=O) groups excluding carboxylic acids is 1. The molecule has 0 saturated heterocycles. The van der Waals surface area contributed by atoms with Crippen molar-refractivity contribution in [3.63, 3.8) is 0 Å². The normalized spacial score (nSPS) is 10.7. The average Bonchev–Trinajstić information content (AvgIpc) is 3.34. The van der Waals surface area contributed by atoms with Crippen molar-refractivity contribution in [1.29, 1.82) is 5.26 Å². The van der Waals surface area contributed by atoms with Gasteiger partial charge in [-0.25, -0.2) is 4.79 Å². The smallest absolute Gasteiger partial charge is 0.350 e. The van der Waals surface area contributed by atoms with Crippen LogP contribution in [-0.2, 0) is 11.3 Å². The van der Waals surface area contributed by atoms with Gasteiger partial charge in [-0.05, 0) is 29.7 Å².